The van der Waals surface area contributed by atoms with E-state index in [1.807, 2.05) is 7.05 Å². The average Bonchev–Trinajstić information content (AvgIpc) is 3.65. The molecule has 0 radical (unpaired) electrons. The molecule has 2 aliphatic carbocycles. The summed E-state index contributed by atoms with van der Waals surface area (Å²) in [7, 11) is 5.27. The van der Waals surface area contributed by atoms with Gasteiger partial charge in [0.2, 0.25) is 11.9 Å². The Labute approximate surface area is 234 Å². The summed E-state index contributed by atoms with van der Waals surface area (Å²) in [5.74, 6) is 0.303. The number of fused-ring (bicyclic) bond motifs is 1. The number of methoxy groups -OCH3 is 1. The van der Waals surface area contributed by atoms with Gasteiger partial charge in [-0.1, -0.05) is 19.3 Å². The fourth-order valence-corrected chi connectivity index (χ4v) is 6.46. The highest BCUT2D eigenvalue weighted by Gasteiger charge is 2.55. The molecule has 2 N–H and O–H groups in total. The molecule has 0 bridgehead atoms. The van der Waals surface area contributed by atoms with Crippen LogP contribution in [0.2, 0.25) is 0 Å². The smallest absolute Gasteiger partial charge is 0.254 e. The number of carbonyl (C=O) groups is 2. The van der Waals surface area contributed by atoms with E-state index in [-0.39, 0.29) is 28.9 Å². The highest BCUT2D eigenvalue weighted by molar-refractivity contribution is 6.03. The number of hydrogen-bond donors (Lipinski definition) is 2. The highest BCUT2D eigenvalue weighted by Crippen LogP contribution is 2.52. The molecule has 40 heavy (non-hydrogen) atoms. The van der Waals surface area contributed by atoms with Crippen molar-refractivity contribution in [1.82, 2.24) is 20.2 Å². The maximum atomic E-state index is 15.2. The molecule has 2 amide bonds. The van der Waals surface area contributed by atoms with E-state index in [1.165, 1.54) is 25.7 Å². The van der Waals surface area contributed by atoms with Crippen molar-refractivity contribution < 1.29 is 18.7 Å². The fourth-order valence-electron chi connectivity index (χ4n) is 6.46. The van der Waals surface area contributed by atoms with E-state index in [0.717, 1.165) is 63.9 Å². The van der Waals surface area contributed by atoms with E-state index in [9.17, 15) is 9.59 Å². The summed E-state index contributed by atoms with van der Waals surface area (Å²) in [6, 6.07) is 2.96. The van der Waals surface area contributed by atoms with Gasteiger partial charge in [-0.2, -0.15) is 4.98 Å². The van der Waals surface area contributed by atoms with Crippen LogP contribution in [0.5, 0.6) is 5.75 Å². The Hall–Kier alpha value is -3.47. The summed E-state index contributed by atoms with van der Waals surface area (Å²) >= 11 is 0. The number of nitrogens with one attached hydrogen (secondary N) is 2. The third-order valence-electron chi connectivity index (χ3n) is 8.99. The van der Waals surface area contributed by atoms with Gasteiger partial charge in [0.1, 0.15) is 17.3 Å². The van der Waals surface area contributed by atoms with Crippen LogP contribution >= 0.6 is 0 Å². The number of benzene rings is 1. The van der Waals surface area contributed by atoms with Gasteiger partial charge in [0, 0.05) is 38.3 Å². The van der Waals surface area contributed by atoms with Crippen LogP contribution in [0.25, 0.3) is 0 Å². The Bertz CT molecular complexity index is 1310. The van der Waals surface area contributed by atoms with E-state index in [4.69, 9.17) is 9.72 Å². The monoisotopic (exact) mass is 551 g/mol. The molecule has 2 saturated carbocycles. The number of rotatable bonds is 6. The van der Waals surface area contributed by atoms with Crippen LogP contribution in [0, 0.1) is 11.2 Å². The number of aromatic nitrogens is 2. The maximum absolute atomic E-state index is 15.2. The number of nitrogens with zero attached hydrogens (tertiary/aromatic N) is 5. The lowest BCUT2D eigenvalue weighted by Gasteiger charge is -2.36. The van der Waals surface area contributed by atoms with Crippen LogP contribution in [-0.4, -0.2) is 79.6 Å². The first-order valence-electron chi connectivity index (χ1n) is 14.3. The zero-order chi connectivity index (χ0) is 28.0. The van der Waals surface area contributed by atoms with Gasteiger partial charge in [0.25, 0.3) is 5.91 Å². The third kappa shape index (κ3) is 4.95. The van der Waals surface area contributed by atoms with Crippen LogP contribution in [0.3, 0.4) is 0 Å². The molecule has 2 aromatic rings. The molecule has 214 valence electrons. The van der Waals surface area contributed by atoms with Gasteiger partial charge in [-0.25, -0.2) is 9.37 Å². The second kappa shape index (κ2) is 10.5. The molecular formula is C29H38FN7O3. The zero-order valence-electron chi connectivity index (χ0n) is 23.5. The molecule has 0 unspecified atom stereocenters. The molecule has 1 aromatic carbocycles. The molecule has 10 nitrogen and oxygen atoms in total. The predicted molar refractivity (Wildman–Crippen MR) is 151 cm³/mol. The first kappa shape index (κ1) is 26.7. The van der Waals surface area contributed by atoms with Crippen molar-refractivity contribution in [2.45, 2.75) is 63.5 Å². The number of likely N-dealkylation sites (N-methyl/N-ethyl adjacent to an activating group) is 1. The number of hydrogen-bond acceptors (Lipinski definition) is 8. The first-order valence-corrected chi connectivity index (χ1v) is 14.3. The van der Waals surface area contributed by atoms with Crippen LogP contribution in [0.4, 0.5) is 27.5 Å². The summed E-state index contributed by atoms with van der Waals surface area (Å²) in [6.45, 7) is 2.28. The van der Waals surface area contributed by atoms with Crippen LogP contribution in [0.15, 0.2) is 18.3 Å². The summed E-state index contributed by atoms with van der Waals surface area (Å²) in [5.41, 5.74) is 0.584. The van der Waals surface area contributed by atoms with Gasteiger partial charge >= 0.3 is 0 Å². The van der Waals surface area contributed by atoms with Gasteiger partial charge in [-0.05, 0) is 51.8 Å². The van der Waals surface area contributed by atoms with Gasteiger partial charge in [0.05, 0.1) is 30.0 Å². The number of likely N-dealkylation sites (tertiary alicyclic amines) is 1. The lowest BCUT2D eigenvalue weighted by atomic mass is 9.93. The topological polar surface area (TPSA) is 103 Å². The molecule has 1 aromatic heterocycles. The average molecular weight is 552 g/mol. The van der Waals surface area contributed by atoms with Crippen LogP contribution in [0.1, 0.15) is 61.7 Å². The number of amides is 2. The fraction of sp³-hybridized carbons (Fsp3) is 0.586. The van der Waals surface area contributed by atoms with Crippen molar-refractivity contribution in [3.8, 4) is 5.75 Å². The molecule has 1 saturated heterocycles. The van der Waals surface area contributed by atoms with E-state index in [2.05, 4.69) is 25.4 Å². The highest BCUT2D eigenvalue weighted by atomic mass is 19.1. The van der Waals surface area contributed by atoms with Crippen molar-refractivity contribution >= 4 is 35.0 Å². The molecule has 1 spiro atoms. The molecule has 1 atom stereocenters. The Morgan fingerprint density at radius 3 is 2.60 bits per heavy atom. The Kier molecular flexibility index (Phi) is 7.02. The maximum Gasteiger partial charge on any atom is 0.254 e. The molecule has 11 heteroatoms. The van der Waals surface area contributed by atoms with E-state index in [1.54, 1.807) is 18.1 Å². The predicted octanol–water partition coefficient (Wildman–Crippen LogP) is 3.70. The third-order valence-corrected chi connectivity index (χ3v) is 8.99. The van der Waals surface area contributed by atoms with Gasteiger partial charge < -0.3 is 30.1 Å². The molecule has 6 rings (SSSR count). The normalized spacial score (nSPS) is 22.7. The second-order valence-corrected chi connectivity index (χ2v) is 11.8. The Balaban J connectivity index is 1.29. The van der Waals surface area contributed by atoms with Crippen LogP contribution in [-0.2, 0) is 4.79 Å². The molecular weight excluding hydrogens is 513 g/mol. The summed E-state index contributed by atoms with van der Waals surface area (Å²) in [6.07, 6.45) is 9.97. The van der Waals surface area contributed by atoms with E-state index < -0.39 is 11.7 Å². The minimum Gasteiger partial charge on any atom is -0.495 e. The van der Waals surface area contributed by atoms with Crippen molar-refractivity contribution in [2.24, 2.45) is 5.41 Å². The minimum absolute atomic E-state index is 0.0134. The SMILES string of the molecule is COc1cc(C(=O)N[C@@H]2CCN(C)C2)c(F)cc1Nc1ncc2c(n1)N(C1CCCCC1)CC1(CC1)C(=O)N2C. The summed E-state index contributed by atoms with van der Waals surface area (Å²) < 4.78 is 20.8. The zero-order valence-corrected chi connectivity index (χ0v) is 23.5. The van der Waals surface area contributed by atoms with Gasteiger partial charge in [0.15, 0.2) is 5.82 Å². The van der Waals surface area contributed by atoms with E-state index >= 15 is 4.39 Å². The Morgan fingerprint density at radius 1 is 1.15 bits per heavy atom. The molecule has 2 aliphatic heterocycles. The van der Waals surface area contributed by atoms with E-state index in [0.29, 0.717) is 29.7 Å². The standard InChI is InChI=1S/C29H38FN7O3/c1-35-12-9-18(16-35)32-26(38)20-13-24(40-3)22(14-21(20)30)33-28-31-15-23-25(34-28)37(19-7-5-4-6-8-19)17-29(10-11-29)27(39)36(23)2/h13-15,18-19H,4-12,16-17H2,1-3H3,(H,32,38)(H,31,33,34)/t18-/m1/s1. The summed E-state index contributed by atoms with van der Waals surface area (Å²) in [5, 5.41) is 6.03. The lowest BCUT2D eigenvalue weighted by Crippen LogP contribution is -2.43. The lowest BCUT2D eigenvalue weighted by molar-refractivity contribution is -0.123. The van der Waals surface area contributed by atoms with Crippen LogP contribution < -0.4 is 25.2 Å². The number of carbonyl (C=O) groups excluding carboxylic acids is 2. The molecule has 4 aliphatic rings. The molecule has 3 heterocycles. The molecule has 3 fully saturated rings. The second-order valence-electron chi connectivity index (χ2n) is 11.8. The van der Waals surface area contributed by atoms with Gasteiger partial charge in [-0.3, -0.25) is 9.59 Å². The Morgan fingerprint density at radius 2 is 1.93 bits per heavy atom. The number of halogens is 1. The number of ether oxygens (including phenoxy) is 1. The largest absolute Gasteiger partial charge is 0.495 e. The number of anilines is 4. The minimum atomic E-state index is -0.660. The van der Waals surface area contributed by atoms with Crippen molar-refractivity contribution in [3.63, 3.8) is 0 Å². The summed E-state index contributed by atoms with van der Waals surface area (Å²) in [4.78, 5) is 41.7. The van der Waals surface area contributed by atoms with Crippen molar-refractivity contribution in [2.75, 3.05) is 56.0 Å². The van der Waals surface area contributed by atoms with Crippen molar-refractivity contribution in [3.05, 3.63) is 29.7 Å². The van der Waals surface area contributed by atoms with Gasteiger partial charge in [-0.15, -0.1) is 0 Å². The first-order chi connectivity index (χ1) is 19.3. The van der Waals surface area contributed by atoms with Crippen molar-refractivity contribution in [1.29, 1.82) is 0 Å². The quantitative estimate of drug-likeness (QED) is 0.561.